The second-order valence-corrected chi connectivity index (χ2v) is 7.44. The number of carbonyl (C=O) groups is 1. The lowest BCUT2D eigenvalue weighted by Crippen LogP contribution is -2.22. The Balaban J connectivity index is 1.59. The minimum Gasteiger partial charge on any atom is -0.422 e. The molecule has 0 spiro atoms. The summed E-state index contributed by atoms with van der Waals surface area (Å²) < 4.78 is 7.72. The molecule has 5 nitrogen and oxygen atoms in total. The molecule has 29 heavy (non-hydrogen) atoms. The van der Waals surface area contributed by atoms with E-state index in [2.05, 4.69) is 4.98 Å². The maximum atomic E-state index is 13.0. The molecular weight excluding hydrogens is 384 g/mol. The predicted molar refractivity (Wildman–Crippen MR) is 113 cm³/mol. The smallest absolute Gasteiger partial charge is 0.343 e. The summed E-state index contributed by atoms with van der Waals surface area (Å²) in [5.74, 6) is -0.0441. The highest BCUT2D eigenvalue weighted by molar-refractivity contribution is 7.15. The van der Waals surface area contributed by atoms with Gasteiger partial charge in [0.2, 0.25) is 0 Å². The molecule has 0 aliphatic carbocycles. The van der Waals surface area contributed by atoms with Gasteiger partial charge in [-0.1, -0.05) is 59.9 Å². The van der Waals surface area contributed by atoms with Crippen LogP contribution in [-0.4, -0.2) is 15.4 Å². The van der Waals surface area contributed by atoms with Crippen LogP contribution in [0.5, 0.6) is 5.75 Å². The molecule has 140 valence electrons. The second-order valence-electron chi connectivity index (χ2n) is 6.43. The SMILES string of the molecule is O=C(Oc1ccccc1/C=c1\sc2nc3ccccc3n2c1=O)c1ccccc1. The van der Waals surface area contributed by atoms with Crippen LogP contribution in [0, 0.1) is 0 Å². The number of esters is 1. The first-order valence-corrected chi connectivity index (χ1v) is 9.80. The van der Waals surface area contributed by atoms with Gasteiger partial charge in [-0.3, -0.25) is 4.79 Å². The summed E-state index contributed by atoms with van der Waals surface area (Å²) in [7, 11) is 0. The number of hydrogen-bond donors (Lipinski definition) is 0. The molecule has 5 aromatic rings. The molecule has 5 rings (SSSR count). The number of benzene rings is 3. The zero-order chi connectivity index (χ0) is 19.8. The first-order valence-electron chi connectivity index (χ1n) is 8.99. The van der Waals surface area contributed by atoms with Crippen molar-refractivity contribution in [2.45, 2.75) is 0 Å². The lowest BCUT2D eigenvalue weighted by molar-refractivity contribution is 0.0734. The summed E-state index contributed by atoms with van der Waals surface area (Å²) in [6.45, 7) is 0. The summed E-state index contributed by atoms with van der Waals surface area (Å²) >= 11 is 1.31. The number of hydrogen-bond acceptors (Lipinski definition) is 5. The van der Waals surface area contributed by atoms with Crippen molar-refractivity contribution in [1.82, 2.24) is 9.38 Å². The normalized spacial score (nSPS) is 11.9. The van der Waals surface area contributed by atoms with Crippen molar-refractivity contribution in [3.63, 3.8) is 0 Å². The van der Waals surface area contributed by atoms with Gasteiger partial charge in [-0.15, -0.1) is 0 Å². The van der Waals surface area contributed by atoms with Crippen LogP contribution in [0.3, 0.4) is 0 Å². The summed E-state index contributed by atoms with van der Waals surface area (Å²) in [4.78, 5) is 30.5. The van der Waals surface area contributed by atoms with Crippen LogP contribution >= 0.6 is 11.3 Å². The molecule has 0 N–H and O–H groups in total. The highest BCUT2D eigenvalue weighted by Gasteiger charge is 2.13. The number of rotatable bonds is 3. The summed E-state index contributed by atoms with van der Waals surface area (Å²) in [5, 5.41) is 0. The Morgan fingerprint density at radius 1 is 0.931 bits per heavy atom. The Labute approximate surface area is 169 Å². The molecule has 2 heterocycles. The standard InChI is InChI=1S/C23H14N2O3S/c26-21-20(29-23-24-17-11-5-6-12-18(17)25(21)23)14-16-10-4-7-13-19(16)28-22(27)15-8-2-1-3-9-15/h1-14H/b20-14-. The van der Waals surface area contributed by atoms with Crippen LogP contribution < -0.4 is 14.8 Å². The zero-order valence-corrected chi connectivity index (χ0v) is 15.9. The number of fused-ring (bicyclic) bond motifs is 3. The molecule has 0 radical (unpaired) electrons. The molecule has 0 bridgehead atoms. The quantitative estimate of drug-likeness (QED) is 0.344. The van der Waals surface area contributed by atoms with Crippen molar-refractivity contribution in [3.8, 4) is 5.75 Å². The molecular formula is C23H14N2O3S. The Hall–Kier alpha value is -3.77. The molecule has 3 aromatic carbocycles. The van der Waals surface area contributed by atoms with Crippen LogP contribution in [0.2, 0.25) is 0 Å². The zero-order valence-electron chi connectivity index (χ0n) is 15.1. The Kier molecular flexibility index (Phi) is 4.18. The average molecular weight is 398 g/mol. The summed E-state index contributed by atoms with van der Waals surface area (Å²) in [5.41, 5.74) is 2.56. The fraction of sp³-hybridized carbons (Fsp3) is 0. The van der Waals surface area contributed by atoms with Gasteiger partial charge < -0.3 is 4.74 Å². The minimum atomic E-state index is -0.444. The fourth-order valence-electron chi connectivity index (χ4n) is 3.18. The first kappa shape index (κ1) is 17.3. The third-order valence-corrected chi connectivity index (χ3v) is 5.53. The fourth-order valence-corrected chi connectivity index (χ4v) is 4.16. The third-order valence-electron chi connectivity index (χ3n) is 4.56. The van der Waals surface area contributed by atoms with E-state index in [1.165, 1.54) is 11.3 Å². The Morgan fingerprint density at radius 3 is 2.52 bits per heavy atom. The number of thiazole rings is 1. The van der Waals surface area contributed by atoms with E-state index in [1.807, 2.05) is 42.5 Å². The maximum absolute atomic E-state index is 13.0. The van der Waals surface area contributed by atoms with Crippen LogP contribution in [0.4, 0.5) is 0 Å². The molecule has 0 saturated heterocycles. The maximum Gasteiger partial charge on any atom is 0.343 e. The van der Waals surface area contributed by atoms with Gasteiger partial charge in [0.25, 0.3) is 5.56 Å². The van der Waals surface area contributed by atoms with Crippen LogP contribution in [0.1, 0.15) is 15.9 Å². The Bertz CT molecular complexity index is 1470. The van der Waals surface area contributed by atoms with E-state index in [0.29, 0.717) is 26.4 Å². The van der Waals surface area contributed by atoms with Gasteiger partial charge in [-0.2, -0.15) is 0 Å². The second kappa shape index (κ2) is 7.00. The van der Waals surface area contributed by atoms with Gasteiger partial charge in [0, 0.05) is 5.56 Å². The van der Waals surface area contributed by atoms with E-state index in [1.54, 1.807) is 46.9 Å². The van der Waals surface area contributed by atoms with E-state index in [9.17, 15) is 9.59 Å². The first-order chi connectivity index (χ1) is 14.2. The number of ether oxygens (including phenoxy) is 1. The molecule has 0 saturated carbocycles. The number of carbonyl (C=O) groups excluding carboxylic acids is 1. The van der Waals surface area contributed by atoms with Gasteiger partial charge in [0.05, 0.1) is 21.1 Å². The van der Waals surface area contributed by atoms with E-state index >= 15 is 0 Å². The largest absolute Gasteiger partial charge is 0.422 e. The molecule has 6 heteroatoms. The lowest BCUT2D eigenvalue weighted by Gasteiger charge is -2.07. The summed E-state index contributed by atoms with van der Waals surface area (Å²) in [6.07, 6.45) is 1.74. The number of para-hydroxylation sites is 3. The Morgan fingerprint density at radius 2 is 1.66 bits per heavy atom. The highest BCUT2D eigenvalue weighted by atomic mass is 32.1. The number of imidazole rings is 1. The van der Waals surface area contributed by atoms with Crippen LogP contribution in [0.15, 0.2) is 83.7 Å². The number of aromatic nitrogens is 2. The van der Waals surface area contributed by atoms with E-state index < -0.39 is 5.97 Å². The van der Waals surface area contributed by atoms with Crippen molar-refractivity contribution < 1.29 is 9.53 Å². The highest BCUT2D eigenvalue weighted by Crippen LogP contribution is 2.21. The van der Waals surface area contributed by atoms with Crippen molar-refractivity contribution in [3.05, 3.63) is 105 Å². The van der Waals surface area contributed by atoms with E-state index in [4.69, 9.17) is 4.74 Å². The third kappa shape index (κ3) is 3.09. The minimum absolute atomic E-state index is 0.136. The van der Waals surface area contributed by atoms with Crippen molar-refractivity contribution in [2.24, 2.45) is 0 Å². The number of nitrogens with zero attached hydrogens (tertiary/aromatic N) is 2. The van der Waals surface area contributed by atoms with Crippen molar-refractivity contribution in [2.75, 3.05) is 0 Å². The topological polar surface area (TPSA) is 60.7 Å². The van der Waals surface area contributed by atoms with Crippen molar-refractivity contribution in [1.29, 1.82) is 0 Å². The molecule has 0 aliphatic heterocycles. The van der Waals surface area contributed by atoms with E-state index in [0.717, 1.165) is 11.0 Å². The van der Waals surface area contributed by atoms with Gasteiger partial charge in [-0.05, 0) is 36.4 Å². The van der Waals surface area contributed by atoms with Crippen LogP contribution in [-0.2, 0) is 0 Å². The van der Waals surface area contributed by atoms with Crippen molar-refractivity contribution >= 4 is 39.4 Å². The van der Waals surface area contributed by atoms with Gasteiger partial charge >= 0.3 is 5.97 Å². The predicted octanol–water partition coefficient (Wildman–Crippen LogP) is 3.68. The van der Waals surface area contributed by atoms with Gasteiger partial charge in [0.1, 0.15) is 5.75 Å². The average Bonchev–Trinajstić information content (AvgIpc) is 3.26. The molecule has 0 unspecified atom stereocenters. The molecule has 0 atom stereocenters. The summed E-state index contributed by atoms with van der Waals surface area (Å²) in [6, 6.07) is 23.5. The molecule has 0 fully saturated rings. The molecule has 0 amide bonds. The van der Waals surface area contributed by atoms with E-state index in [-0.39, 0.29) is 5.56 Å². The van der Waals surface area contributed by atoms with Gasteiger partial charge in [-0.25, -0.2) is 14.2 Å². The lowest BCUT2D eigenvalue weighted by atomic mass is 10.2. The monoisotopic (exact) mass is 398 g/mol. The molecule has 2 aromatic heterocycles. The molecule has 0 aliphatic rings. The van der Waals surface area contributed by atoms with Crippen LogP contribution in [0.25, 0.3) is 22.1 Å². The van der Waals surface area contributed by atoms with Gasteiger partial charge in [0.15, 0.2) is 4.96 Å².